The van der Waals surface area contributed by atoms with Crippen molar-refractivity contribution in [1.29, 1.82) is 5.26 Å². The minimum atomic E-state index is -0.945. The van der Waals surface area contributed by atoms with Crippen molar-refractivity contribution in [2.75, 3.05) is 25.0 Å². The first-order chi connectivity index (χ1) is 14.0. The molecule has 4 N–H and O–H groups in total. The molecule has 2 atom stereocenters. The number of hydrogen-bond acceptors (Lipinski definition) is 5. The van der Waals surface area contributed by atoms with Crippen LogP contribution in [0.3, 0.4) is 0 Å². The highest BCUT2D eigenvalue weighted by Crippen LogP contribution is 2.30. The maximum absolute atomic E-state index is 11.3. The number of carboxylic acids is 1. The number of aliphatic hydroxyl groups is 1. The summed E-state index contributed by atoms with van der Waals surface area (Å²) in [5.41, 5.74) is 2.10. The largest absolute Gasteiger partial charge is 0.478 e. The molecule has 3 rings (SSSR count). The van der Waals surface area contributed by atoms with Crippen molar-refractivity contribution in [3.8, 4) is 6.07 Å². The van der Waals surface area contributed by atoms with E-state index in [1.54, 1.807) is 24.3 Å². The van der Waals surface area contributed by atoms with Crippen LogP contribution in [-0.2, 0) is 6.42 Å². The Bertz CT molecular complexity index is 857. The molecule has 2 unspecified atom stereocenters. The van der Waals surface area contributed by atoms with Gasteiger partial charge in [-0.25, -0.2) is 4.79 Å². The summed E-state index contributed by atoms with van der Waals surface area (Å²) in [4.78, 5) is 11.0. The van der Waals surface area contributed by atoms with Gasteiger partial charge >= 0.3 is 5.97 Å². The van der Waals surface area contributed by atoms with E-state index in [4.69, 9.17) is 10.4 Å². The third kappa shape index (κ3) is 6.20. The number of carbonyl (C=O) groups is 1. The second-order valence-corrected chi connectivity index (χ2v) is 7.69. The number of anilines is 1. The molecule has 2 aromatic rings. The van der Waals surface area contributed by atoms with Crippen molar-refractivity contribution in [3.63, 3.8) is 0 Å². The monoisotopic (exact) mass is 429 g/mol. The molecule has 1 fully saturated rings. The zero-order chi connectivity index (χ0) is 20.7. The number of β-amino-alcohol motifs (C(OH)–C–C–N with tert-alkyl or cyclic N) is 1. The van der Waals surface area contributed by atoms with E-state index in [9.17, 15) is 9.90 Å². The highest BCUT2D eigenvalue weighted by atomic mass is 35.5. The zero-order valence-corrected chi connectivity index (χ0v) is 17.6. The number of nitrogens with zero attached hydrogens (tertiary/aromatic N) is 1. The third-order valence-electron chi connectivity index (χ3n) is 5.70. The van der Waals surface area contributed by atoms with Crippen LogP contribution in [0.15, 0.2) is 48.5 Å². The van der Waals surface area contributed by atoms with Gasteiger partial charge in [0.25, 0.3) is 0 Å². The van der Waals surface area contributed by atoms with Crippen molar-refractivity contribution in [1.82, 2.24) is 5.32 Å². The summed E-state index contributed by atoms with van der Waals surface area (Å²) in [7, 11) is 0. The molecule has 0 saturated carbocycles. The zero-order valence-electron chi connectivity index (χ0n) is 16.8. The molecule has 0 spiro atoms. The Hall–Kier alpha value is -2.59. The van der Waals surface area contributed by atoms with Gasteiger partial charge in [-0.2, -0.15) is 5.26 Å². The van der Waals surface area contributed by atoms with Crippen LogP contribution in [0.2, 0.25) is 0 Å². The number of nitriles is 1. The first-order valence-corrected chi connectivity index (χ1v) is 9.99. The number of carboxylic acid groups (broad SMARTS) is 1. The number of benzene rings is 2. The Labute approximate surface area is 183 Å². The van der Waals surface area contributed by atoms with Gasteiger partial charge in [0.05, 0.1) is 22.8 Å². The van der Waals surface area contributed by atoms with Gasteiger partial charge in [0.2, 0.25) is 0 Å². The molecule has 30 heavy (non-hydrogen) atoms. The lowest BCUT2D eigenvalue weighted by molar-refractivity contribution is -0.0359. The molecular formula is C23H28ClN3O3. The van der Waals surface area contributed by atoms with E-state index in [0.717, 1.165) is 43.5 Å². The fraction of sp³-hybridized carbons (Fsp3) is 0.391. The van der Waals surface area contributed by atoms with Crippen molar-refractivity contribution >= 4 is 24.1 Å². The van der Waals surface area contributed by atoms with E-state index >= 15 is 0 Å². The summed E-state index contributed by atoms with van der Waals surface area (Å²) in [5, 5.41) is 35.9. The predicted molar refractivity (Wildman–Crippen MR) is 119 cm³/mol. The van der Waals surface area contributed by atoms with Gasteiger partial charge in [-0.3, -0.25) is 0 Å². The number of halogens is 1. The molecule has 0 aliphatic carbocycles. The van der Waals surface area contributed by atoms with Gasteiger partial charge in [-0.15, -0.1) is 12.4 Å². The summed E-state index contributed by atoms with van der Waals surface area (Å²) in [6, 6.07) is 16.4. The van der Waals surface area contributed by atoms with Crippen LogP contribution in [0.1, 0.15) is 40.7 Å². The molecule has 0 bridgehead atoms. The molecule has 2 aromatic carbocycles. The molecule has 0 radical (unpaired) electrons. The standard InChI is InChI=1S/C23H27N3O3.ClH/c24-14-18-4-2-17(3-5-18)6-9-20(23(29)12-1-13-25-16-23)15-26-21-10-7-19(8-11-21)22(27)28;/h2-5,7-8,10-11,20,25-26,29H,1,6,9,12-13,15-16H2,(H,27,28);1H. The average Bonchev–Trinajstić information content (AvgIpc) is 2.74. The van der Waals surface area contributed by atoms with Crippen LogP contribution < -0.4 is 10.6 Å². The lowest BCUT2D eigenvalue weighted by atomic mass is 9.78. The SMILES string of the molecule is Cl.N#Cc1ccc(CCC(CNc2ccc(C(=O)O)cc2)C2(O)CCCNC2)cc1. The van der Waals surface area contributed by atoms with E-state index in [1.165, 1.54) is 0 Å². The Morgan fingerprint density at radius 1 is 1.20 bits per heavy atom. The number of aryl methyl sites for hydroxylation is 1. The van der Waals surface area contributed by atoms with Crippen molar-refractivity contribution in [2.24, 2.45) is 5.92 Å². The van der Waals surface area contributed by atoms with Crippen LogP contribution in [0.25, 0.3) is 0 Å². The van der Waals surface area contributed by atoms with E-state index < -0.39 is 11.6 Å². The number of piperidine rings is 1. The maximum atomic E-state index is 11.3. The van der Waals surface area contributed by atoms with Crippen LogP contribution in [0, 0.1) is 17.2 Å². The van der Waals surface area contributed by atoms with Gasteiger partial charge in [0.15, 0.2) is 0 Å². The number of hydrogen-bond donors (Lipinski definition) is 4. The summed E-state index contributed by atoms with van der Waals surface area (Å²) < 4.78 is 0. The molecule has 1 aliphatic rings. The van der Waals surface area contributed by atoms with Crippen LogP contribution >= 0.6 is 12.4 Å². The lowest BCUT2D eigenvalue weighted by Crippen LogP contribution is -2.52. The van der Waals surface area contributed by atoms with E-state index in [0.29, 0.717) is 18.7 Å². The highest BCUT2D eigenvalue weighted by molar-refractivity contribution is 5.88. The van der Waals surface area contributed by atoms with E-state index in [-0.39, 0.29) is 23.9 Å². The molecule has 1 aliphatic heterocycles. The Morgan fingerprint density at radius 2 is 1.90 bits per heavy atom. The second-order valence-electron chi connectivity index (χ2n) is 7.69. The summed E-state index contributed by atoms with van der Waals surface area (Å²) >= 11 is 0. The number of rotatable bonds is 8. The van der Waals surface area contributed by atoms with Crippen molar-refractivity contribution in [2.45, 2.75) is 31.3 Å². The molecule has 160 valence electrons. The summed E-state index contributed by atoms with van der Waals surface area (Å²) in [6.07, 6.45) is 3.33. The smallest absolute Gasteiger partial charge is 0.335 e. The minimum absolute atomic E-state index is 0. The fourth-order valence-electron chi connectivity index (χ4n) is 3.88. The first kappa shape index (κ1) is 23.7. The van der Waals surface area contributed by atoms with Crippen LogP contribution in [0.5, 0.6) is 0 Å². The quantitative estimate of drug-likeness (QED) is 0.512. The molecule has 1 saturated heterocycles. The fourth-order valence-corrected chi connectivity index (χ4v) is 3.88. The second kappa shape index (κ2) is 11.0. The third-order valence-corrected chi connectivity index (χ3v) is 5.70. The predicted octanol–water partition coefficient (Wildman–Crippen LogP) is 3.45. The van der Waals surface area contributed by atoms with Gasteiger partial charge in [0, 0.05) is 24.7 Å². The number of nitrogens with one attached hydrogen (secondary N) is 2. The normalized spacial score (nSPS) is 19.2. The Balaban J connectivity index is 0.00000320. The summed E-state index contributed by atoms with van der Waals surface area (Å²) in [5.74, 6) is -0.912. The number of aromatic carboxylic acids is 1. The van der Waals surface area contributed by atoms with Gasteiger partial charge < -0.3 is 20.8 Å². The molecule has 0 amide bonds. The van der Waals surface area contributed by atoms with Gasteiger partial charge in [0.1, 0.15) is 0 Å². The molecule has 1 heterocycles. The topological polar surface area (TPSA) is 105 Å². The molecule has 7 heteroatoms. The van der Waals surface area contributed by atoms with Gasteiger partial charge in [-0.05, 0) is 74.2 Å². The van der Waals surface area contributed by atoms with Crippen LogP contribution in [-0.4, -0.2) is 41.4 Å². The Kier molecular flexibility index (Phi) is 8.67. The van der Waals surface area contributed by atoms with Crippen LogP contribution in [0.4, 0.5) is 5.69 Å². The summed E-state index contributed by atoms with van der Waals surface area (Å²) in [6.45, 7) is 2.10. The average molecular weight is 430 g/mol. The van der Waals surface area contributed by atoms with Gasteiger partial charge in [-0.1, -0.05) is 12.1 Å². The minimum Gasteiger partial charge on any atom is -0.478 e. The van der Waals surface area contributed by atoms with E-state index in [2.05, 4.69) is 16.7 Å². The Morgan fingerprint density at radius 3 is 2.47 bits per heavy atom. The lowest BCUT2D eigenvalue weighted by Gasteiger charge is -2.40. The highest BCUT2D eigenvalue weighted by Gasteiger charge is 2.37. The maximum Gasteiger partial charge on any atom is 0.335 e. The van der Waals surface area contributed by atoms with E-state index in [1.807, 2.05) is 24.3 Å². The molecular weight excluding hydrogens is 402 g/mol. The van der Waals surface area contributed by atoms with Crippen molar-refractivity contribution < 1.29 is 15.0 Å². The molecule has 0 aromatic heterocycles. The van der Waals surface area contributed by atoms with Crippen molar-refractivity contribution in [3.05, 3.63) is 65.2 Å². The molecule has 6 nitrogen and oxygen atoms in total. The first-order valence-electron chi connectivity index (χ1n) is 9.99.